The van der Waals surface area contributed by atoms with Crippen LogP contribution in [0.1, 0.15) is 57.9 Å². The molecule has 33 heavy (non-hydrogen) atoms. The van der Waals surface area contributed by atoms with Crippen LogP contribution >= 0.6 is 0 Å². The highest BCUT2D eigenvalue weighted by Gasteiger charge is 2.44. The quantitative estimate of drug-likeness (QED) is 0.402. The predicted octanol–water partition coefficient (Wildman–Crippen LogP) is 5.67. The minimum Gasteiger partial charge on any atom is -0.388 e. The molecule has 0 spiro atoms. The van der Waals surface area contributed by atoms with E-state index in [0.29, 0.717) is 25.9 Å². The number of sulfone groups is 1. The predicted molar refractivity (Wildman–Crippen MR) is 132 cm³/mol. The van der Waals surface area contributed by atoms with Crippen molar-refractivity contribution in [3.63, 3.8) is 0 Å². The van der Waals surface area contributed by atoms with Gasteiger partial charge in [0, 0.05) is 6.42 Å². The third kappa shape index (κ3) is 6.35. The fourth-order valence-electron chi connectivity index (χ4n) is 4.07. The molecule has 2 aromatic rings. The number of ether oxygens (including phenoxy) is 1. The van der Waals surface area contributed by atoms with Gasteiger partial charge in [0.25, 0.3) is 0 Å². The first-order chi connectivity index (χ1) is 15.9. The summed E-state index contributed by atoms with van der Waals surface area (Å²) in [6.45, 7) is 4.33. The summed E-state index contributed by atoms with van der Waals surface area (Å²) in [5.74, 6) is 5.42. The summed E-state index contributed by atoms with van der Waals surface area (Å²) in [5.41, 5.74) is 0.0748. The van der Waals surface area contributed by atoms with Gasteiger partial charge in [-0.05, 0) is 43.9 Å². The lowest BCUT2D eigenvalue weighted by Crippen LogP contribution is -2.46. The van der Waals surface area contributed by atoms with Crippen molar-refractivity contribution in [3.8, 4) is 11.8 Å². The molecule has 1 aliphatic carbocycles. The Morgan fingerprint density at radius 3 is 2.39 bits per heavy atom. The van der Waals surface area contributed by atoms with Gasteiger partial charge in [-0.3, -0.25) is 0 Å². The highest BCUT2D eigenvalue weighted by atomic mass is 32.2. The zero-order chi connectivity index (χ0) is 23.7. The molecule has 0 radical (unpaired) electrons. The summed E-state index contributed by atoms with van der Waals surface area (Å²) in [4.78, 5) is 0.395. The number of hydrogen-bond donors (Lipinski definition) is 1. The van der Waals surface area contributed by atoms with E-state index in [-0.39, 0.29) is 9.80 Å². The SMILES string of the molecule is CCCCCC#C[C@H]1C(S(=O)(=O)c2ccccc2)=CCC[C@](C)(OCc2ccccc2)[C@H]1O. The Bertz CT molecular complexity index is 1080. The van der Waals surface area contributed by atoms with Gasteiger partial charge < -0.3 is 9.84 Å². The Balaban J connectivity index is 1.92. The minimum atomic E-state index is -3.79. The lowest BCUT2D eigenvalue weighted by molar-refractivity contribution is -0.130. The van der Waals surface area contributed by atoms with Crippen LogP contribution in [-0.2, 0) is 21.2 Å². The van der Waals surface area contributed by atoms with E-state index in [2.05, 4.69) is 18.8 Å². The number of benzene rings is 2. The second-order valence-electron chi connectivity index (χ2n) is 8.75. The van der Waals surface area contributed by atoms with Crippen molar-refractivity contribution in [2.24, 2.45) is 5.92 Å². The zero-order valence-electron chi connectivity index (χ0n) is 19.5. The first-order valence-corrected chi connectivity index (χ1v) is 13.2. The molecular weight excluding hydrogens is 432 g/mol. The molecule has 0 amide bonds. The van der Waals surface area contributed by atoms with Gasteiger partial charge >= 0.3 is 0 Å². The normalized spacial score (nSPS) is 23.2. The fourth-order valence-corrected chi connectivity index (χ4v) is 5.72. The number of rotatable bonds is 8. The van der Waals surface area contributed by atoms with Crippen molar-refractivity contribution in [2.75, 3.05) is 0 Å². The van der Waals surface area contributed by atoms with Crippen molar-refractivity contribution >= 4 is 9.84 Å². The third-order valence-electron chi connectivity index (χ3n) is 6.17. The number of aliphatic hydroxyl groups excluding tert-OH is 1. The molecule has 1 N–H and O–H groups in total. The van der Waals surface area contributed by atoms with Gasteiger partial charge in [-0.1, -0.05) is 80.3 Å². The Kier molecular flexibility index (Phi) is 8.91. The summed E-state index contributed by atoms with van der Waals surface area (Å²) in [6.07, 6.45) is 5.44. The maximum absolute atomic E-state index is 13.5. The Labute approximate surface area is 198 Å². The largest absolute Gasteiger partial charge is 0.388 e. The highest BCUT2D eigenvalue weighted by molar-refractivity contribution is 7.95. The lowest BCUT2D eigenvalue weighted by Gasteiger charge is -2.36. The smallest absolute Gasteiger partial charge is 0.203 e. The standard InChI is InChI=1S/C28H34O4S/c1-3-4-5-6-13-19-25-26(33(30,31)24-17-11-8-12-18-24)20-14-21-28(2,27(25)29)32-22-23-15-9-7-10-16-23/h7-12,15-18,20,25,27,29H,3-6,14,21-22H2,1-2H3/t25-,27-,28-/m0/s1. The van der Waals surface area contributed by atoms with Crippen LogP contribution in [0, 0.1) is 17.8 Å². The molecule has 0 aliphatic heterocycles. The summed E-state index contributed by atoms with van der Waals surface area (Å²) < 4.78 is 33.3. The monoisotopic (exact) mass is 466 g/mol. The van der Waals surface area contributed by atoms with Crippen LogP contribution in [0.5, 0.6) is 0 Å². The van der Waals surface area contributed by atoms with Crippen LogP contribution in [0.4, 0.5) is 0 Å². The Hall–Kier alpha value is -2.39. The molecule has 0 saturated heterocycles. The van der Waals surface area contributed by atoms with Crippen LogP contribution in [0.15, 0.2) is 76.5 Å². The first-order valence-electron chi connectivity index (χ1n) is 11.7. The minimum absolute atomic E-state index is 0.177. The highest BCUT2D eigenvalue weighted by Crippen LogP contribution is 2.38. The summed E-state index contributed by atoms with van der Waals surface area (Å²) in [7, 11) is -3.79. The molecule has 2 aromatic carbocycles. The maximum Gasteiger partial charge on any atom is 0.203 e. The van der Waals surface area contributed by atoms with Crippen molar-refractivity contribution in [2.45, 2.75) is 75.6 Å². The number of allylic oxidation sites excluding steroid dienone is 1. The molecule has 4 nitrogen and oxygen atoms in total. The van der Waals surface area contributed by atoms with E-state index in [4.69, 9.17) is 4.74 Å². The third-order valence-corrected chi connectivity index (χ3v) is 8.11. The number of hydrogen-bond acceptors (Lipinski definition) is 4. The molecule has 0 saturated carbocycles. The number of unbranched alkanes of at least 4 members (excludes halogenated alkanes) is 3. The van der Waals surface area contributed by atoms with Gasteiger partial charge in [0.2, 0.25) is 9.84 Å². The van der Waals surface area contributed by atoms with Crippen molar-refractivity contribution < 1.29 is 18.3 Å². The molecule has 0 unspecified atom stereocenters. The van der Waals surface area contributed by atoms with Crippen molar-refractivity contribution in [3.05, 3.63) is 77.2 Å². The maximum atomic E-state index is 13.5. The van der Waals surface area contributed by atoms with E-state index < -0.39 is 27.5 Å². The summed E-state index contributed by atoms with van der Waals surface area (Å²) >= 11 is 0. The molecule has 0 bridgehead atoms. The molecule has 0 heterocycles. The average molecular weight is 467 g/mol. The molecule has 0 aromatic heterocycles. The van der Waals surface area contributed by atoms with E-state index in [1.807, 2.05) is 37.3 Å². The van der Waals surface area contributed by atoms with Crippen molar-refractivity contribution in [1.29, 1.82) is 0 Å². The van der Waals surface area contributed by atoms with Crippen LogP contribution in [0.2, 0.25) is 0 Å². The first kappa shape index (κ1) is 25.2. The van der Waals surface area contributed by atoms with Gasteiger partial charge in [0.1, 0.15) is 6.10 Å². The second-order valence-corrected chi connectivity index (χ2v) is 10.7. The molecule has 3 atom stereocenters. The fraction of sp³-hybridized carbons (Fsp3) is 0.429. The van der Waals surface area contributed by atoms with Gasteiger partial charge in [0.05, 0.1) is 27.9 Å². The van der Waals surface area contributed by atoms with Gasteiger partial charge in [0.15, 0.2) is 0 Å². The summed E-state index contributed by atoms with van der Waals surface area (Å²) in [5, 5.41) is 11.5. The van der Waals surface area contributed by atoms with Gasteiger partial charge in [-0.25, -0.2) is 8.42 Å². The van der Waals surface area contributed by atoms with E-state index in [0.717, 1.165) is 24.8 Å². The van der Waals surface area contributed by atoms with Gasteiger partial charge in [-0.15, -0.1) is 5.92 Å². The van der Waals surface area contributed by atoms with E-state index in [9.17, 15) is 13.5 Å². The number of aliphatic hydroxyl groups is 1. The van der Waals surface area contributed by atoms with Crippen LogP contribution in [-0.4, -0.2) is 25.2 Å². The van der Waals surface area contributed by atoms with E-state index >= 15 is 0 Å². The molecule has 5 heteroatoms. The molecule has 1 aliphatic rings. The van der Waals surface area contributed by atoms with Crippen LogP contribution in [0.25, 0.3) is 0 Å². The van der Waals surface area contributed by atoms with Crippen LogP contribution in [0.3, 0.4) is 0 Å². The Morgan fingerprint density at radius 2 is 1.73 bits per heavy atom. The molecule has 0 fully saturated rings. The topological polar surface area (TPSA) is 63.6 Å². The summed E-state index contributed by atoms with van der Waals surface area (Å²) in [6, 6.07) is 18.2. The van der Waals surface area contributed by atoms with E-state index in [1.54, 1.807) is 36.4 Å². The van der Waals surface area contributed by atoms with Crippen molar-refractivity contribution in [1.82, 2.24) is 0 Å². The zero-order valence-corrected chi connectivity index (χ0v) is 20.4. The molecular formula is C28H34O4S. The molecule has 3 rings (SSSR count). The second kappa shape index (κ2) is 11.7. The van der Waals surface area contributed by atoms with Crippen LogP contribution < -0.4 is 0 Å². The van der Waals surface area contributed by atoms with E-state index in [1.165, 1.54) is 0 Å². The Morgan fingerprint density at radius 1 is 1.06 bits per heavy atom. The average Bonchev–Trinajstić information content (AvgIpc) is 2.96. The molecule has 176 valence electrons. The lowest BCUT2D eigenvalue weighted by atomic mass is 9.87. The van der Waals surface area contributed by atoms with Gasteiger partial charge in [-0.2, -0.15) is 0 Å².